The van der Waals surface area contributed by atoms with Gasteiger partial charge in [0, 0.05) is 13.7 Å². The molecule has 0 radical (unpaired) electrons. The van der Waals surface area contributed by atoms with Crippen molar-refractivity contribution in [2.24, 2.45) is 7.05 Å². The Balaban J connectivity index is 3.11. The monoisotopic (exact) mass is 269 g/mol. The van der Waals surface area contributed by atoms with E-state index in [1.807, 2.05) is 18.7 Å². The van der Waals surface area contributed by atoms with Crippen LogP contribution in [0.1, 0.15) is 45.9 Å². The molecule has 1 aromatic rings. The molecular formula is C14H27N3O2. The van der Waals surface area contributed by atoms with Crippen molar-refractivity contribution in [1.29, 1.82) is 0 Å². The first-order chi connectivity index (χ1) is 8.97. The predicted molar refractivity (Wildman–Crippen MR) is 76.5 cm³/mol. The highest BCUT2D eigenvalue weighted by atomic mass is 16.5. The van der Waals surface area contributed by atoms with Crippen LogP contribution in [-0.2, 0) is 11.8 Å². The van der Waals surface area contributed by atoms with Crippen LogP contribution in [0.4, 0.5) is 0 Å². The Morgan fingerprint density at radius 1 is 1.42 bits per heavy atom. The summed E-state index contributed by atoms with van der Waals surface area (Å²) in [7, 11) is 3.60. The zero-order chi connectivity index (χ0) is 14.5. The number of hydrogen-bond donors (Lipinski definition) is 1. The van der Waals surface area contributed by atoms with Crippen molar-refractivity contribution in [3.63, 3.8) is 0 Å². The number of nitrogens with zero attached hydrogens (tertiary/aromatic N) is 2. The van der Waals surface area contributed by atoms with E-state index in [9.17, 15) is 0 Å². The first-order valence-corrected chi connectivity index (χ1v) is 6.91. The van der Waals surface area contributed by atoms with Gasteiger partial charge >= 0.3 is 0 Å². The molecule has 0 aliphatic rings. The molecule has 0 spiro atoms. The maximum atomic E-state index is 5.91. The second kappa shape index (κ2) is 6.91. The summed E-state index contributed by atoms with van der Waals surface area (Å²) in [5.41, 5.74) is 0.694. The SMILES string of the molecule is CCCNC(c1c(OC)cnn1C)C(C)(C)OCC. The molecule has 1 atom stereocenters. The fourth-order valence-electron chi connectivity index (χ4n) is 2.33. The Morgan fingerprint density at radius 2 is 2.11 bits per heavy atom. The zero-order valence-electron chi connectivity index (χ0n) is 13.0. The highest BCUT2D eigenvalue weighted by molar-refractivity contribution is 5.30. The molecule has 0 saturated carbocycles. The minimum Gasteiger partial charge on any atom is -0.493 e. The number of aryl methyl sites for hydroxylation is 1. The summed E-state index contributed by atoms with van der Waals surface area (Å²) in [6.07, 6.45) is 2.82. The molecule has 0 aliphatic heterocycles. The summed E-state index contributed by atoms with van der Waals surface area (Å²) < 4.78 is 13.2. The lowest BCUT2D eigenvalue weighted by molar-refractivity contribution is -0.0414. The molecule has 5 nitrogen and oxygen atoms in total. The van der Waals surface area contributed by atoms with E-state index in [2.05, 4.69) is 31.2 Å². The van der Waals surface area contributed by atoms with Crippen LogP contribution in [0, 0.1) is 0 Å². The van der Waals surface area contributed by atoms with Crippen molar-refractivity contribution in [3.05, 3.63) is 11.9 Å². The Kier molecular flexibility index (Phi) is 5.82. The molecular weight excluding hydrogens is 242 g/mol. The Hall–Kier alpha value is -1.07. The largest absolute Gasteiger partial charge is 0.493 e. The van der Waals surface area contributed by atoms with Crippen molar-refractivity contribution >= 4 is 0 Å². The second-order valence-corrected chi connectivity index (χ2v) is 5.15. The first kappa shape index (κ1) is 16.0. The van der Waals surface area contributed by atoms with E-state index in [0.717, 1.165) is 24.4 Å². The third-order valence-corrected chi connectivity index (χ3v) is 3.25. The van der Waals surface area contributed by atoms with Crippen LogP contribution < -0.4 is 10.1 Å². The van der Waals surface area contributed by atoms with Crippen LogP contribution in [0.5, 0.6) is 5.75 Å². The van der Waals surface area contributed by atoms with Gasteiger partial charge in [0.25, 0.3) is 0 Å². The maximum absolute atomic E-state index is 5.91. The molecule has 0 bridgehead atoms. The topological polar surface area (TPSA) is 48.3 Å². The highest BCUT2D eigenvalue weighted by Gasteiger charge is 2.35. The van der Waals surface area contributed by atoms with Gasteiger partial charge in [-0.05, 0) is 33.7 Å². The minimum atomic E-state index is -0.328. The second-order valence-electron chi connectivity index (χ2n) is 5.15. The van der Waals surface area contributed by atoms with Gasteiger partial charge in [0.1, 0.15) is 0 Å². The lowest BCUT2D eigenvalue weighted by Gasteiger charge is -2.35. The number of methoxy groups -OCH3 is 1. The molecule has 1 aromatic heterocycles. The van der Waals surface area contributed by atoms with Gasteiger partial charge in [-0.25, -0.2) is 0 Å². The van der Waals surface area contributed by atoms with Gasteiger partial charge in [0.15, 0.2) is 5.75 Å². The third-order valence-electron chi connectivity index (χ3n) is 3.25. The van der Waals surface area contributed by atoms with Crippen LogP contribution in [0.15, 0.2) is 6.20 Å². The van der Waals surface area contributed by atoms with Crippen molar-refractivity contribution in [1.82, 2.24) is 15.1 Å². The fourth-order valence-corrected chi connectivity index (χ4v) is 2.33. The summed E-state index contributed by atoms with van der Waals surface area (Å²) in [4.78, 5) is 0. The summed E-state index contributed by atoms with van der Waals surface area (Å²) in [5.74, 6) is 0.795. The lowest BCUT2D eigenvalue weighted by atomic mass is 9.94. The van der Waals surface area contributed by atoms with Gasteiger partial charge in [-0.15, -0.1) is 0 Å². The quantitative estimate of drug-likeness (QED) is 0.786. The van der Waals surface area contributed by atoms with E-state index in [1.54, 1.807) is 13.3 Å². The minimum absolute atomic E-state index is 0.0369. The summed E-state index contributed by atoms with van der Waals surface area (Å²) >= 11 is 0. The number of ether oxygens (including phenoxy) is 2. The standard InChI is InChI=1S/C14H27N3O2/c1-7-9-15-13(14(3,4)19-8-2)12-11(18-6)10-16-17(12)5/h10,13,15H,7-9H2,1-6H3. The summed E-state index contributed by atoms with van der Waals surface area (Å²) in [6, 6.07) is 0.0369. The van der Waals surface area contributed by atoms with E-state index < -0.39 is 0 Å². The van der Waals surface area contributed by atoms with Crippen LogP contribution in [0.2, 0.25) is 0 Å². The Bertz CT molecular complexity index is 388. The molecule has 1 N–H and O–H groups in total. The molecule has 0 saturated heterocycles. The Labute approximate surface area is 116 Å². The molecule has 0 amide bonds. The molecule has 0 fully saturated rings. The molecule has 0 aliphatic carbocycles. The number of rotatable bonds is 8. The van der Waals surface area contributed by atoms with Gasteiger partial charge in [-0.1, -0.05) is 6.92 Å². The normalized spacial score (nSPS) is 13.6. The van der Waals surface area contributed by atoms with Crippen LogP contribution in [0.25, 0.3) is 0 Å². The summed E-state index contributed by atoms with van der Waals surface area (Å²) in [5, 5.41) is 7.83. The van der Waals surface area contributed by atoms with Gasteiger partial charge in [-0.2, -0.15) is 5.10 Å². The maximum Gasteiger partial charge on any atom is 0.161 e. The molecule has 19 heavy (non-hydrogen) atoms. The number of aromatic nitrogens is 2. The lowest BCUT2D eigenvalue weighted by Crippen LogP contribution is -2.43. The molecule has 1 heterocycles. The first-order valence-electron chi connectivity index (χ1n) is 6.91. The van der Waals surface area contributed by atoms with E-state index >= 15 is 0 Å². The highest BCUT2D eigenvalue weighted by Crippen LogP contribution is 2.34. The molecule has 110 valence electrons. The van der Waals surface area contributed by atoms with Gasteiger partial charge in [-0.3, -0.25) is 4.68 Å². The zero-order valence-corrected chi connectivity index (χ0v) is 13.0. The van der Waals surface area contributed by atoms with Crippen molar-refractivity contribution in [2.75, 3.05) is 20.3 Å². The molecule has 1 unspecified atom stereocenters. The van der Waals surface area contributed by atoms with Crippen molar-refractivity contribution < 1.29 is 9.47 Å². The van der Waals surface area contributed by atoms with E-state index in [1.165, 1.54) is 0 Å². The molecule has 5 heteroatoms. The van der Waals surface area contributed by atoms with Crippen LogP contribution >= 0.6 is 0 Å². The van der Waals surface area contributed by atoms with E-state index in [0.29, 0.717) is 6.61 Å². The predicted octanol–water partition coefficient (Wildman–Crippen LogP) is 2.28. The van der Waals surface area contributed by atoms with E-state index in [-0.39, 0.29) is 11.6 Å². The molecule has 0 aromatic carbocycles. The van der Waals surface area contributed by atoms with Gasteiger partial charge in [0.2, 0.25) is 0 Å². The van der Waals surface area contributed by atoms with Crippen molar-refractivity contribution in [2.45, 2.75) is 45.8 Å². The smallest absolute Gasteiger partial charge is 0.161 e. The number of hydrogen-bond acceptors (Lipinski definition) is 4. The van der Waals surface area contributed by atoms with Gasteiger partial charge in [0.05, 0.1) is 30.6 Å². The summed E-state index contributed by atoms with van der Waals surface area (Å²) in [6.45, 7) is 9.96. The van der Waals surface area contributed by atoms with Crippen molar-refractivity contribution in [3.8, 4) is 5.75 Å². The van der Waals surface area contributed by atoms with E-state index in [4.69, 9.17) is 9.47 Å². The van der Waals surface area contributed by atoms with Gasteiger partial charge < -0.3 is 14.8 Å². The third kappa shape index (κ3) is 3.70. The molecule has 1 rings (SSSR count). The average molecular weight is 269 g/mol. The number of nitrogens with one attached hydrogen (secondary N) is 1. The average Bonchev–Trinajstić information content (AvgIpc) is 2.71. The fraction of sp³-hybridized carbons (Fsp3) is 0.786. The Morgan fingerprint density at radius 3 is 2.63 bits per heavy atom. The van der Waals surface area contributed by atoms with Crippen LogP contribution in [-0.4, -0.2) is 35.6 Å². The van der Waals surface area contributed by atoms with Crippen LogP contribution in [0.3, 0.4) is 0 Å².